The highest BCUT2D eigenvalue weighted by atomic mass is 79.9. The first-order chi connectivity index (χ1) is 11.4. The number of esters is 1. The summed E-state index contributed by atoms with van der Waals surface area (Å²) in [6, 6.07) is 9.93. The minimum absolute atomic E-state index is 0.232. The summed E-state index contributed by atoms with van der Waals surface area (Å²) < 4.78 is 5.93. The predicted octanol–water partition coefficient (Wildman–Crippen LogP) is 5.11. The average molecular weight is 431 g/mol. The first kappa shape index (κ1) is 18.8. The van der Waals surface area contributed by atoms with E-state index in [2.05, 4.69) is 21.2 Å². The van der Waals surface area contributed by atoms with E-state index in [-0.39, 0.29) is 10.6 Å². The smallest absolute Gasteiger partial charge is 0.338 e. The zero-order valence-corrected chi connectivity index (χ0v) is 15.8. The van der Waals surface area contributed by atoms with Crippen molar-refractivity contribution in [2.24, 2.45) is 0 Å². The van der Waals surface area contributed by atoms with Gasteiger partial charge in [-0.15, -0.1) is 0 Å². The van der Waals surface area contributed by atoms with Crippen LogP contribution in [-0.4, -0.2) is 18.5 Å². The number of benzene rings is 2. The normalized spacial score (nSPS) is 10.3. The Labute approximate surface area is 158 Å². The van der Waals surface area contributed by atoms with E-state index >= 15 is 0 Å². The van der Waals surface area contributed by atoms with E-state index in [1.165, 1.54) is 18.2 Å². The van der Waals surface area contributed by atoms with Crippen LogP contribution < -0.4 is 5.32 Å². The first-order valence-electron chi connectivity index (χ1n) is 7.11. The summed E-state index contributed by atoms with van der Waals surface area (Å²) in [5.41, 5.74) is 1.90. The van der Waals surface area contributed by atoms with Gasteiger partial charge in [-0.1, -0.05) is 46.1 Å². The minimum atomic E-state index is -0.643. The second kappa shape index (κ2) is 8.51. The minimum Gasteiger partial charge on any atom is -0.452 e. The molecule has 2 rings (SSSR count). The van der Waals surface area contributed by atoms with Gasteiger partial charge in [-0.25, -0.2) is 4.79 Å². The van der Waals surface area contributed by atoms with Gasteiger partial charge in [-0.05, 0) is 48.4 Å². The standard InChI is InChI=1S/C17H14BrCl2NO3/c1-2-10-7-12(18)4-6-15(10)21-16(22)9-24-17(23)11-3-5-13(19)14(20)8-11/h3-8H,2,9H2,1H3,(H,21,22). The van der Waals surface area contributed by atoms with Crippen LogP contribution in [0.3, 0.4) is 0 Å². The Balaban J connectivity index is 1.95. The molecule has 0 saturated heterocycles. The van der Waals surface area contributed by atoms with Crippen LogP contribution in [0.2, 0.25) is 10.0 Å². The number of hydrogen-bond acceptors (Lipinski definition) is 3. The number of ether oxygens (including phenoxy) is 1. The van der Waals surface area contributed by atoms with Crippen LogP contribution in [0.25, 0.3) is 0 Å². The highest BCUT2D eigenvalue weighted by molar-refractivity contribution is 9.10. The number of anilines is 1. The van der Waals surface area contributed by atoms with E-state index in [0.717, 1.165) is 16.5 Å². The molecule has 0 aliphatic carbocycles. The monoisotopic (exact) mass is 429 g/mol. The largest absolute Gasteiger partial charge is 0.452 e. The van der Waals surface area contributed by atoms with Crippen molar-refractivity contribution in [1.82, 2.24) is 0 Å². The molecule has 0 fully saturated rings. The topological polar surface area (TPSA) is 55.4 Å². The Bertz CT molecular complexity index is 780. The number of amides is 1. The number of hydrogen-bond donors (Lipinski definition) is 1. The summed E-state index contributed by atoms with van der Waals surface area (Å²) in [6.45, 7) is 1.60. The molecular formula is C17H14BrCl2NO3. The molecule has 0 aliphatic heterocycles. The highest BCUT2D eigenvalue weighted by Gasteiger charge is 2.13. The van der Waals surface area contributed by atoms with Crippen molar-refractivity contribution in [3.8, 4) is 0 Å². The molecule has 2 aromatic carbocycles. The van der Waals surface area contributed by atoms with E-state index in [0.29, 0.717) is 10.7 Å². The van der Waals surface area contributed by atoms with E-state index in [4.69, 9.17) is 27.9 Å². The van der Waals surface area contributed by atoms with Gasteiger partial charge in [0, 0.05) is 10.2 Å². The van der Waals surface area contributed by atoms with Crippen LogP contribution in [0.15, 0.2) is 40.9 Å². The molecule has 0 bridgehead atoms. The number of halogens is 3. The highest BCUT2D eigenvalue weighted by Crippen LogP contribution is 2.23. The summed E-state index contributed by atoms with van der Waals surface area (Å²) in [6.07, 6.45) is 0.762. The molecule has 0 aromatic heterocycles. The maximum Gasteiger partial charge on any atom is 0.338 e. The van der Waals surface area contributed by atoms with Gasteiger partial charge in [-0.2, -0.15) is 0 Å². The van der Waals surface area contributed by atoms with Gasteiger partial charge in [0.2, 0.25) is 0 Å². The molecule has 0 heterocycles. The van der Waals surface area contributed by atoms with Gasteiger partial charge in [0.05, 0.1) is 15.6 Å². The molecule has 2 aromatic rings. The van der Waals surface area contributed by atoms with Gasteiger partial charge < -0.3 is 10.1 Å². The number of carbonyl (C=O) groups is 2. The Kier molecular flexibility index (Phi) is 6.66. The average Bonchev–Trinajstić information content (AvgIpc) is 2.56. The van der Waals surface area contributed by atoms with Crippen molar-refractivity contribution < 1.29 is 14.3 Å². The van der Waals surface area contributed by atoms with Gasteiger partial charge in [0.1, 0.15) is 0 Å². The van der Waals surface area contributed by atoms with Crippen LogP contribution >= 0.6 is 39.1 Å². The van der Waals surface area contributed by atoms with E-state index in [1.54, 1.807) is 6.07 Å². The van der Waals surface area contributed by atoms with Crippen LogP contribution in [0, 0.1) is 0 Å². The first-order valence-corrected chi connectivity index (χ1v) is 8.66. The van der Waals surface area contributed by atoms with Crippen molar-refractivity contribution >= 4 is 56.7 Å². The van der Waals surface area contributed by atoms with Gasteiger partial charge in [0.15, 0.2) is 6.61 Å². The molecule has 7 heteroatoms. The third kappa shape index (κ3) is 4.97. The summed E-state index contributed by atoms with van der Waals surface area (Å²) in [7, 11) is 0. The molecule has 0 radical (unpaired) electrons. The molecule has 0 unspecified atom stereocenters. The molecule has 0 atom stereocenters. The predicted molar refractivity (Wildman–Crippen MR) is 98.9 cm³/mol. The lowest BCUT2D eigenvalue weighted by molar-refractivity contribution is -0.119. The fraction of sp³-hybridized carbons (Fsp3) is 0.176. The van der Waals surface area contributed by atoms with E-state index in [1.807, 2.05) is 19.1 Å². The fourth-order valence-corrected chi connectivity index (χ4v) is 2.71. The lowest BCUT2D eigenvalue weighted by Crippen LogP contribution is -2.21. The van der Waals surface area contributed by atoms with Crippen molar-refractivity contribution in [3.63, 3.8) is 0 Å². The number of rotatable bonds is 5. The van der Waals surface area contributed by atoms with Crippen molar-refractivity contribution in [1.29, 1.82) is 0 Å². The maximum atomic E-state index is 12.0. The van der Waals surface area contributed by atoms with E-state index in [9.17, 15) is 9.59 Å². The molecule has 4 nitrogen and oxygen atoms in total. The Morgan fingerprint density at radius 3 is 2.54 bits per heavy atom. The summed E-state index contributed by atoms with van der Waals surface area (Å²) in [5.74, 6) is -1.06. The Morgan fingerprint density at radius 2 is 1.88 bits per heavy atom. The second-order valence-corrected chi connectivity index (χ2v) is 6.64. The van der Waals surface area contributed by atoms with Gasteiger partial charge in [0.25, 0.3) is 5.91 Å². The summed E-state index contributed by atoms with van der Waals surface area (Å²) >= 11 is 15.0. The van der Waals surface area contributed by atoms with E-state index < -0.39 is 18.5 Å². The summed E-state index contributed by atoms with van der Waals surface area (Å²) in [5, 5.41) is 3.32. The molecule has 1 amide bonds. The zero-order chi connectivity index (χ0) is 17.7. The third-order valence-electron chi connectivity index (χ3n) is 3.21. The SMILES string of the molecule is CCc1cc(Br)ccc1NC(=O)COC(=O)c1ccc(Cl)c(Cl)c1. The Hall–Kier alpha value is -1.56. The fourth-order valence-electron chi connectivity index (χ4n) is 2.00. The molecule has 0 spiro atoms. The number of aryl methyl sites for hydroxylation is 1. The van der Waals surface area contributed by atoms with Gasteiger partial charge in [-0.3, -0.25) is 4.79 Å². The van der Waals surface area contributed by atoms with Gasteiger partial charge >= 0.3 is 5.97 Å². The zero-order valence-electron chi connectivity index (χ0n) is 12.7. The van der Waals surface area contributed by atoms with Crippen molar-refractivity contribution in [3.05, 3.63) is 62.0 Å². The Morgan fingerprint density at radius 1 is 1.12 bits per heavy atom. The molecule has 126 valence electrons. The molecule has 0 aliphatic rings. The maximum absolute atomic E-state index is 12.0. The van der Waals surface area contributed by atoms with Crippen LogP contribution in [0.5, 0.6) is 0 Å². The number of carbonyl (C=O) groups excluding carboxylic acids is 2. The quantitative estimate of drug-likeness (QED) is 0.670. The molecule has 0 saturated carbocycles. The summed E-state index contributed by atoms with van der Waals surface area (Å²) in [4.78, 5) is 23.9. The van der Waals surface area contributed by atoms with Crippen molar-refractivity contribution in [2.45, 2.75) is 13.3 Å². The third-order valence-corrected chi connectivity index (χ3v) is 4.44. The number of nitrogens with one attached hydrogen (secondary N) is 1. The van der Waals surface area contributed by atoms with Crippen LogP contribution in [0.4, 0.5) is 5.69 Å². The lowest BCUT2D eigenvalue weighted by Gasteiger charge is -2.11. The molecule has 1 N–H and O–H groups in total. The second-order valence-electron chi connectivity index (χ2n) is 4.91. The lowest BCUT2D eigenvalue weighted by atomic mass is 10.1. The molecular weight excluding hydrogens is 417 g/mol. The van der Waals surface area contributed by atoms with Crippen molar-refractivity contribution in [2.75, 3.05) is 11.9 Å². The molecule has 24 heavy (non-hydrogen) atoms. The van der Waals surface area contributed by atoms with Crippen LogP contribution in [-0.2, 0) is 16.0 Å². The van der Waals surface area contributed by atoms with Crippen LogP contribution in [0.1, 0.15) is 22.8 Å².